The van der Waals surface area contributed by atoms with Gasteiger partial charge in [-0.3, -0.25) is 4.39 Å². The van der Waals surface area contributed by atoms with E-state index in [1.807, 2.05) is 6.07 Å². The van der Waals surface area contributed by atoms with Crippen LogP contribution in [0, 0.1) is 11.3 Å². The molecular formula is C13H14F3NO. The molecule has 18 heavy (non-hydrogen) atoms. The number of hydrogen-bond donors (Lipinski definition) is 0. The highest BCUT2D eigenvalue weighted by Gasteiger charge is 2.23. The Hall–Kier alpha value is -1.70. The molecule has 0 fully saturated rings. The van der Waals surface area contributed by atoms with Gasteiger partial charge in [0.2, 0.25) is 0 Å². The number of ether oxygens (including phenoxy) is 1. The zero-order valence-electron chi connectivity index (χ0n) is 10.00. The third-order valence-corrected chi connectivity index (χ3v) is 2.65. The molecule has 2 nitrogen and oxygen atoms in total. The molecule has 0 N–H and O–H groups in total. The number of benzene rings is 1. The summed E-state index contributed by atoms with van der Waals surface area (Å²) in [5.74, 6) is 0.337. The highest BCUT2D eigenvalue weighted by molar-refractivity contribution is 5.47. The van der Waals surface area contributed by atoms with Crippen LogP contribution in [-0.4, -0.2) is 26.1 Å². The maximum atomic E-state index is 13.6. The van der Waals surface area contributed by atoms with E-state index in [1.165, 1.54) is 13.2 Å². The minimum atomic E-state index is -1.87. The van der Waals surface area contributed by atoms with Gasteiger partial charge in [-0.25, -0.2) is 8.78 Å². The number of hydrogen-bond acceptors (Lipinski definition) is 2. The summed E-state index contributed by atoms with van der Waals surface area (Å²) in [4.78, 5) is 0. The number of nitrogens with zero attached hydrogens (tertiary/aromatic N) is 1. The highest BCUT2D eigenvalue weighted by Crippen LogP contribution is 2.26. The Morgan fingerprint density at radius 2 is 2.06 bits per heavy atom. The Balaban J connectivity index is 2.92. The first-order valence-corrected chi connectivity index (χ1v) is 5.54. The lowest BCUT2D eigenvalue weighted by atomic mass is 9.99. The molecule has 0 bridgehead atoms. The number of halogens is 3. The highest BCUT2D eigenvalue weighted by atomic mass is 19.2. The van der Waals surface area contributed by atoms with Gasteiger partial charge < -0.3 is 4.74 Å². The fourth-order valence-electron chi connectivity index (χ4n) is 1.68. The van der Waals surface area contributed by atoms with Gasteiger partial charge in [-0.2, -0.15) is 5.26 Å². The summed E-state index contributed by atoms with van der Waals surface area (Å²) in [5, 5.41) is 8.91. The van der Waals surface area contributed by atoms with Gasteiger partial charge in [-0.15, -0.1) is 0 Å². The summed E-state index contributed by atoms with van der Waals surface area (Å²) in [6.07, 6.45) is -4.48. The number of alkyl halides is 3. The molecule has 0 aliphatic heterocycles. The van der Waals surface area contributed by atoms with Crippen LogP contribution in [-0.2, 0) is 6.42 Å². The van der Waals surface area contributed by atoms with Crippen molar-refractivity contribution in [3.8, 4) is 11.8 Å². The van der Waals surface area contributed by atoms with Crippen molar-refractivity contribution >= 4 is 0 Å². The fourth-order valence-corrected chi connectivity index (χ4v) is 1.68. The fraction of sp³-hybridized carbons (Fsp3) is 0.462. The van der Waals surface area contributed by atoms with Crippen molar-refractivity contribution in [3.05, 3.63) is 29.3 Å². The summed E-state index contributed by atoms with van der Waals surface area (Å²) in [5.41, 5.74) is 0.556. The minimum absolute atomic E-state index is 0.240. The molecule has 0 saturated heterocycles. The predicted molar refractivity (Wildman–Crippen MR) is 61.8 cm³/mol. The van der Waals surface area contributed by atoms with Crippen LogP contribution in [0.5, 0.6) is 5.75 Å². The lowest BCUT2D eigenvalue weighted by Crippen LogP contribution is -2.21. The lowest BCUT2D eigenvalue weighted by Gasteiger charge is -2.15. The van der Waals surface area contributed by atoms with E-state index in [0.717, 1.165) is 0 Å². The van der Waals surface area contributed by atoms with Gasteiger partial charge in [0, 0.05) is 18.4 Å². The van der Waals surface area contributed by atoms with Crippen LogP contribution in [0.2, 0.25) is 0 Å². The number of nitriles is 1. The summed E-state index contributed by atoms with van der Waals surface area (Å²) in [6, 6.07) is 6.58. The molecule has 1 aromatic carbocycles. The van der Waals surface area contributed by atoms with Crippen molar-refractivity contribution in [2.75, 3.05) is 13.8 Å². The van der Waals surface area contributed by atoms with E-state index in [4.69, 9.17) is 10.00 Å². The normalized spacial score (nSPS) is 13.7. The maximum Gasteiger partial charge on any atom is 0.135 e. The Morgan fingerprint density at radius 3 is 2.61 bits per heavy atom. The Kier molecular flexibility index (Phi) is 5.50. The van der Waals surface area contributed by atoms with Crippen molar-refractivity contribution < 1.29 is 17.9 Å². The molecule has 0 aromatic heterocycles. The molecule has 0 heterocycles. The third kappa shape index (κ3) is 3.39. The van der Waals surface area contributed by atoms with Gasteiger partial charge in [0.15, 0.2) is 0 Å². The van der Waals surface area contributed by atoms with E-state index in [0.29, 0.717) is 11.3 Å². The van der Waals surface area contributed by atoms with Crippen molar-refractivity contribution in [2.24, 2.45) is 0 Å². The van der Waals surface area contributed by atoms with E-state index in [1.54, 1.807) is 12.1 Å². The topological polar surface area (TPSA) is 33.0 Å². The Morgan fingerprint density at radius 1 is 1.33 bits per heavy atom. The molecule has 0 radical (unpaired) electrons. The average molecular weight is 257 g/mol. The standard InChI is InChI=1S/C13H14F3NO/c1-18-13-4-2-3-9(8-17)10(13)7-12(16)11(15)5-6-14/h2-4,11-12H,5-7H2,1H3. The summed E-state index contributed by atoms with van der Waals surface area (Å²) in [6.45, 7) is -0.904. The predicted octanol–water partition coefficient (Wildman–Crippen LogP) is 3.15. The lowest BCUT2D eigenvalue weighted by molar-refractivity contribution is 0.148. The summed E-state index contributed by atoms with van der Waals surface area (Å²) >= 11 is 0. The Labute approximate surface area is 104 Å². The molecule has 1 aromatic rings. The molecule has 0 saturated carbocycles. The quantitative estimate of drug-likeness (QED) is 0.784. The van der Waals surface area contributed by atoms with Crippen LogP contribution in [0.15, 0.2) is 18.2 Å². The van der Waals surface area contributed by atoms with Crippen molar-refractivity contribution in [2.45, 2.75) is 25.2 Å². The van der Waals surface area contributed by atoms with Crippen molar-refractivity contribution in [1.29, 1.82) is 5.26 Å². The maximum absolute atomic E-state index is 13.6. The molecule has 1 rings (SSSR count). The molecule has 0 amide bonds. The van der Waals surface area contributed by atoms with Crippen LogP contribution >= 0.6 is 0 Å². The van der Waals surface area contributed by atoms with Crippen LogP contribution in [0.1, 0.15) is 17.5 Å². The van der Waals surface area contributed by atoms with E-state index in [9.17, 15) is 13.2 Å². The van der Waals surface area contributed by atoms with Gasteiger partial charge in [0.1, 0.15) is 18.1 Å². The zero-order chi connectivity index (χ0) is 13.5. The molecule has 0 aliphatic rings. The molecule has 5 heteroatoms. The molecule has 0 aliphatic carbocycles. The van der Waals surface area contributed by atoms with E-state index in [2.05, 4.69) is 0 Å². The molecular weight excluding hydrogens is 243 g/mol. The smallest absolute Gasteiger partial charge is 0.135 e. The van der Waals surface area contributed by atoms with Crippen LogP contribution in [0.25, 0.3) is 0 Å². The zero-order valence-corrected chi connectivity index (χ0v) is 10.00. The minimum Gasteiger partial charge on any atom is -0.496 e. The van der Waals surface area contributed by atoms with Gasteiger partial charge >= 0.3 is 0 Å². The van der Waals surface area contributed by atoms with E-state index in [-0.39, 0.29) is 12.0 Å². The SMILES string of the molecule is COc1cccc(C#N)c1CC(F)C(F)CCF. The van der Waals surface area contributed by atoms with Gasteiger partial charge in [-0.1, -0.05) is 6.07 Å². The summed E-state index contributed by atoms with van der Waals surface area (Å²) < 4.78 is 43.8. The molecule has 0 spiro atoms. The second-order valence-corrected chi connectivity index (χ2v) is 3.81. The first-order valence-electron chi connectivity index (χ1n) is 5.54. The summed E-state index contributed by atoms with van der Waals surface area (Å²) in [7, 11) is 1.39. The molecule has 2 atom stereocenters. The van der Waals surface area contributed by atoms with Gasteiger partial charge in [-0.05, 0) is 12.1 Å². The number of rotatable bonds is 6. The van der Waals surface area contributed by atoms with Crippen LogP contribution in [0.4, 0.5) is 13.2 Å². The monoisotopic (exact) mass is 257 g/mol. The van der Waals surface area contributed by atoms with Crippen LogP contribution in [0.3, 0.4) is 0 Å². The Bertz CT molecular complexity index is 431. The largest absolute Gasteiger partial charge is 0.496 e. The average Bonchev–Trinajstić information content (AvgIpc) is 2.39. The molecule has 2 unspecified atom stereocenters. The first kappa shape index (κ1) is 14.4. The second-order valence-electron chi connectivity index (χ2n) is 3.81. The molecule has 98 valence electrons. The number of methoxy groups -OCH3 is 1. The van der Waals surface area contributed by atoms with Crippen molar-refractivity contribution in [1.82, 2.24) is 0 Å². The van der Waals surface area contributed by atoms with Crippen LogP contribution < -0.4 is 4.74 Å². The van der Waals surface area contributed by atoms with Crippen molar-refractivity contribution in [3.63, 3.8) is 0 Å². The third-order valence-electron chi connectivity index (χ3n) is 2.65. The van der Waals surface area contributed by atoms with E-state index < -0.39 is 25.4 Å². The van der Waals surface area contributed by atoms with Gasteiger partial charge in [0.05, 0.1) is 25.4 Å². The first-order chi connectivity index (χ1) is 8.63. The van der Waals surface area contributed by atoms with Gasteiger partial charge in [0.25, 0.3) is 0 Å². The second kappa shape index (κ2) is 6.90. The van der Waals surface area contributed by atoms with E-state index >= 15 is 0 Å².